The van der Waals surface area contributed by atoms with Crippen LogP contribution in [0.2, 0.25) is 0 Å². The second-order valence-electron chi connectivity index (χ2n) is 8.87. The smallest absolute Gasteiger partial charge is 0.198 e. The van der Waals surface area contributed by atoms with Gasteiger partial charge in [-0.15, -0.1) is 0 Å². The van der Waals surface area contributed by atoms with Gasteiger partial charge in [0, 0.05) is 18.6 Å². The average Bonchev–Trinajstić information content (AvgIpc) is 2.58. The van der Waals surface area contributed by atoms with Crippen LogP contribution in [0.15, 0.2) is 42.5 Å². The van der Waals surface area contributed by atoms with E-state index in [1.807, 2.05) is 0 Å². The van der Waals surface area contributed by atoms with E-state index in [1.54, 1.807) is 0 Å². The highest BCUT2D eigenvalue weighted by Gasteiger charge is 2.23. The van der Waals surface area contributed by atoms with Crippen LogP contribution < -0.4 is 4.57 Å². The molecule has 0 aliphatic heterocycles. The van der Waals surface area contributed by atoms with Gasteiger partial charge < -0.3 is 0 Å². The van der Waals surface area contributed by atoms with Crippen molar-refractivity contribution in [3.05, 3.63) is 64.8 Å². The zero-order valence-electron chi connectivity index (χ0n) is 18.2. The molecule has 0 unspecified atom stereocenters. The Morgan fingerprint density at radius 2 is 1.44 bits per heavy atom. The number of hydrogen-bond donors (Lipinski definition) is 0. The maximum Gasteiger partial charge on any atom is 0.220 e. The highest BCUT2D eigenvalue weighted by Crippen LogP contribution is 2.36. The largest absolute Gasteiger partial charge is 0.220 e. The summed E-state index contributed by atoms with van der Waals surface area (Å²) in [7, 11) is 2.19. The molecule has 0 aliphatic rings. The molecule has 3 aromatic rings. The second-order valence-corrected chi connectivity index (χ2v) is 8.87. The minimum atomic E-state index is 0.591. The first-order chi connectivity index (χ1) is 12.7. The summed E-state index contributed by atoms with van der Waals surface area (Å²) < 4.78 is 2.34. The molecule has 0 radical (unpaired) electrons. The van der Waals surface area contributed by atoms with Gasteiger partial charge >= 0.3 is 0 Å². The molecule has 0 N–H and O–H groups in total. The van der Waals surface area contributed by atoms with Gasteiger partial charge in [0.25, 0.3) is 0 Å². The van der Waals surface area contributed by atoms with E-state index in [0.29, 0.717) is 17.8 Å². The molecule has 0 amide bonds. The minimum absolute atomic E-state index is 0.591. The third-order valence-electron chi connectivity index (χ3n) is 6.03. The van der Waals surface area contributed by atoms with Gasteiger partial charge in [-0.2, -0.15) is 4.57 Å². The quantitative estimate of drug-likeness (QED) is 0.458. The SMILES string of the molecule is Cc1ccc(C)c(-c2c3ccc(C(C(C)C)C(C)C)cc3cc(C)[n+]2C)c1. The molecule has 142 valence electrons. The summed E-state index contributed by atoms with van der Waals surface area (Å²) in [6.45, 7) is 16.0. The Labute approximate surface area is 165 Å². The summed E-state index contributed by atoms with van der Waals surface area (Å²) in [5, 5.41) is 2.69. The lowest BCUT2D eigenvalue weighted by Gasteiger charge is -2.25. The molecule has 0 saturated carbocycles. The molecule has 3 rings (SSSR count). The Balaban J connectivity index is 2.30. The molecule has 1 nitrogen and oxygen atoms in total. The van der Waals surface area contributed by atoms with Gasteiger partial charge in [-0.25, -0.2) is 0 Å². The van der Waals surface area contributed by atoms with Crippen LogP contribution in [0.3, 0.4) is 0 Å². The van der Waals surface area contributed by atoms with Crippen molar-refractivity contribution in [2.75, 3.05) is 0 Å². The van der Waals surface area contributed by atoms with Crippen LogP contribution in [0.1, 0.15) is 56.0 Å². The van der Waals surface area contributed by atoms with E-state index >= 15 is 0 Å². The lowest BCUT2D eigenvalue weighted by Crippen LogP contribution is -2.35. The Morgan fingerprint density at radius 1 is 0.778 bits per heavy atom. The van der Waals surface area contributed by atoms with E-state index in [0.717, 1.165) is 0 Å². The van der Waals surface area contributed by atoms with Gasteiger partial charge in [0.2, 0.25) is 5.69 Å². The Morgan fingerprint density at radius 3 is 2.07 bits per heavy atom. The fraction of sp³-hybridized carbons (Fsp3) is 0.423. The predicted octanol–water partition coefficient (Wildman–Crippen LogP) is 6.65. The van der Waals surface area contributed by atoms with E-state index in [9.17, 15) is 0 Å². The van der Waals surface area contributed by atoms with Crippen LogP contribution in [-0.2, 0) is 7.05 Å². The van der Waals surface area contributed by atoms with Crippen molar-refractivity contribution in [1.29, 1.82) is 0 Å². The topological polar surface area (TPSA) is 3.88 Å². The summed E-state index contributed by atoms with van der Waals surface area (Å²) in [6.07, 6.45) is 0. The number of rotatable bonds is 4. The molecule has 0 bridgehead atoms. The number of aromatic nitrogens is 1. The highest BCUT2D eigenvalue weighted by atomic mass is 14.9. The molecule has 1 aromatic heterocycles. The van der Waals surface area contributed by atoms with Crippen LogP contribution in [0.5, 0.6) is 0 Å². The van der Waals surface area contributed by atoms with Crippen LogP contribution >= 0.6 is 0 Å². The maximum atomic E-state index is 2.43. The lowest BCUT2D eigenvalue weighted by atomic mass is 9.79. The van der Waals surface area contributed by atoms with Gasteiger partial charge in [-0.3, -0.25) is 0 Å². The summed E-state index contributed by atoms with van der Waals surface area (Å²) in [4.78, 5) is 0. The van der Waals surface area contributed by atoms with Crippen molar-refractivity contribution in [1.82, 2.24) is 0 Å². The molecular weight excluding hydrogens is 326 g/mol. The summed E-state index contributed by atoms with van der Waals surface area (Å²) in [5.74, 6) is 1.87. The van der Waals surface area contributed by atoms with Gasteiger partial charge in [-0.1, -0.05) is 57.5 Å². The van der Waals surface area contributed by atoms with Crippen molar-refractivity contribution in [3.8, 4) is 11.3 Å². The Hall–Kier alpha value is -2.15. The van der Waals surface area contributed by atoms with Gasteiger partial charge in [0.15, 0.2) is 5.69 Å². The normalized spacial score (nSPS) is 12.0. The van der Waals surface area contributed by atoms with E-state index in [4.69, 9.17) is 0 Å². The van der Waals surface area contributed by atoms with Gasteiger partial charge in [0.05, 0.1) is 5.39 Å². The molecule has 0 fully saturated rings. The number of pyridine rings is 1. The predicted molar refractivity (Wildman–Crippen MR) is 117 cm³/mol. The number of benzene rings is 2. The van der Waals surface area contributed by atoms with Crippen molar-refractivity contribution < 1.29 is 4.57 Å². The third-order valence-corrected chi connectivity index (χ3v) is 6.03. The fourth-order valence-corrected chi connectivity index (χ4v) is 4.66. The minimum Gasteiger partial charge on any atom is -0.198 e. The molecule has 0 spiro atoms. The molecule has 27 heavy (non-hydrogen) atoms. The number of aryl methyl sites for hydroxylation is 3. The lowest BCUT2D eigenvalue weighted by molar-refractivity contribution is -0.665. The van der Waals surface area contributed by atoms with Crippen molar-refractivity contribution >= 4 is 10.8 Å². The second kappa shape index (κ2) is 7.46. The van der Waals surface area contributed by atoms with Crippen LogP contribution in [0.4, 0.5) is 0 Å². The van der Waals surface area contributed by atoms with Gasteiger partial charge in [0.1, 0.15) is 7.05 Å². The molecule has 2 aromatic carbocycles. The van der Waals surface area contributed by atoms with Crippen LogP contribution in [0.25, 0.3) is 22.0 Å². The number of hydrogen-bond acceptors (Lipinski definition) is 0. The van der Waals surface area contributed by atoms with E-state index in [1.165, 1.54) is 44.4 Å². The van der Waals surface area contributed by atoms with Crippen molar-refractivity contribution in [2.24, 2.45) is 18.9 Å². The van der Waals surface area contributed by atoms with Crippen molar-refractivity contribution in [2.45, 2.75) is 54.4 Å². The summed E-state index contributed by atoms with van der Waals surface area (Å²) in [5.41, 5.74) is 8.05. The fourth-order valence-electron chi connectivity index (χ4n) is 4.66. The first-order valence-corrected chi connectivity index (χ1v) is 10.2. The third kappa shape index (κ3) is 3.65. The number of fused-ring (bicyclic) bond motifs is 1. The van der Waals surface area contributed by atoms with Crippen LogP contribution in [-0.4, -0.2) is 0 Å². The Kier molecular flexibility index (Phi) is 5.42. The first kappa shape index (κ1) is 19.6. The molecule has 0 atom stereocenters. The van der Waals surface area contributed by atoms with E-state index < -0.39 is 0 Å². The molecule has 1 heterocycles. The zero-order chi connectivity index (χ0) is 19.9. The van der Waals surface area contributed by atoms with E-state index in [-0.39, 0.29) is 0 Å². The zero-order valence-corrected chi connectivity index (χ0v) is 18.2. The average molecular weight is 361 g/mol. The first-order valence-electron chi connectivity index (χ1n) is 10.2. The molecule has 0 aliphatic carbocycles. The van der Waals surface area contributed by atoms with Crippen molar-refractivity contribution in [3.63, 3.8) is 0 Å². The number of nitrogens with zero attached hydrogens (tertiary/aromatic N) is 1. The summed E-state index contributed by atoms with van der Waals surface area (Å²) >= 11 is 0. The van der Waals surface area contributed by atoms with Crippen LogP contribution in [0, 0.1) is 32.6 Å². The highest BCUT2D eigenvalue weighted by molar-refractivity contribution is 5.94. The Bertz CT molecular complexity index is 971. The molecule has 0 saturated heterocycles. The summed E-state index contributed by atoms with van der Waals surface area (Å²) in [6, 6.07) is 16.2. The molecular formula is C26H34N+. The monoisotopic (exact) mass is 360 g/mol. The maximum absolute atomic E-state index is 2.43. The molecule has 1 heteroatoms. The van der Waals surface area contributed by atoms with Gasteiger partial charge in [-0.05, 0) is 60.2 Å². The standard InChI is InChI=1S/C26H34N/c1-16(2)25(17(3)4)21-11-12-23-22(15-21)14-20(7)27(8)26(23)24-13-18(5)9-10-19(24)6/h9-17,25H,1-8H3/q+1. The van der Waals surface area contributed by atoms with E-state index in [2.05, 4.69) is 103 Å².